The van der Waals surface area contributed by atoms with Gasteiger partial charge in [-0.3, -0.25) is 9.59 Å². The molecule has 8 unspecified atom stereocenters. The number of carbonyl (C=O) groups excluding carboxylic acids is 2. The number of aliphatic hydroxyl groups is 2. The Kier molecular flexibility index (Phi) is 4.97. The van der Waals surface area contributed by atoms with Crippen LogP contribution in [0.5, 0.6) is 0 Å². The van der Waals surface area contributed by atoms with E-state index in [1.165, 1.54) is 6.08 Å². The van der Waals surface area contributed by atoms with Gasteiger partial charge < -0.3 is 29.7 Å². The molecule has 0 saturated carbocycles. The molecule has 0 aromatic carbocycles. The van der Waals surface area contributed by atoms with Crippen molar-refractivity contribution in [2.24, 2.45) is 11.8 Å². The number of aliphatic hydroxyl groups excluding tert-OH is 2. The van der Waals surface area contributed by atoms with E-state index in [9.17, 15) is 19.8 Å². The Bertz CT molecular complexity index is 859. The molecule has 0 radical (unpaired) electrons. The number of ketones is 1. The lowest BCUT2D eigenvalue weighted by molar-refractivity contribution is -0.373. The highest BCUT2D eigenvalue weighted by atomic mass is 16.8. The number of ether oxygens (including phenoxy) is 3. The number of epoxide rings is 1. The summed E-state index contributed by atoms with van der Waals surface area (Å²) < 4.78 is 18.2. The van der Waals surface area contributed by atoms with Gasteiger partial charge >= 0.3 is 0 Å². The second-order valence-electron chi connectivity index (χ2n) is 9.08. The molecule has 2 bridgehead atoms. The number of rotatable bonds is 4. The highest BCUT2D eigenvalue weighted by Gasteiger charge is 2.76. The Hall–Kier alpha value is -2.00. The summed E-state index contributed by atoms with van der Waals surface area (Å²) in [5, 5.41) is 23.1. The van der Waals surface area contributed by atoms with Crippen LogP contribution >= 0.6 is 0 Å². The van der Waals surface area contributed by atoms with Gasteiger partial charge in [-0.25, -0.2) is 0 Å². The molecule has 0 spiro atoms. The van der Waals surface area contributed by atoms with Crippen LogP contribution in [0.15, 0.2) is 35.1 Å². The predicted octanol–water partition coefficient (Wildman–Crippen LogP) is 1.30. The minimum absolute atomic E-state index is 0.0207. The standard InChI is InChI=1S/C22H29NO7/c1-10(6-7-13(24)15-14(25)9-23-20(15)27)8-11(2)17-12(3)18-16(26)19-21(4,30-19)22(5,28-17)29-18/h6-8,11-12,16-19,24,26H,9H2,1-5H3,(H,23,27). The van der Waals surface area contributed by atoms with E-state index in [1.54, 1.807) is 6.08 Å². The molecule has 4 fully saturated rings. The first-order valence-corrected chi connectivity index (χ1v) is 10.3. The molecule has 164 valence electrons. The molecule has 4 aliphatic rings. The summed E-state index contributed by atoms with van der Waals surface area (Å²) in [4.78, 5) is 23.3. The maximum atomic E-state index is 11.7. The van der Waals surface area contributed by atoms with Crippen LogP contribution in [0.25, 0.3) is 0 Å². The van der Waals surface area contributed by atoms with Crippen LogP contribution < -0.4 is 5.32 Å². The summed E-state index contributed by atoms with van der Waals surface area (Å²) in [5.74, 6) is -2.33. The van der Waals surface area contributed by atoms with Gasteiger partial charge in [-0.2, -0.15) is 0 Å². The topological polar surface area (TPSA) is 118 Å². The van der Waals surface area contributed by atoms with Gasteiger partial charge in [-0.1, -0.05) is 31.6 Å². The first kappa shape index (κ1) is 21.2. The molecule has 4 saturated heterocycles. The SMILES string of the molecule is CC(C=CC(O)=C1C(=O)CNC1=O)=CC(C)C1OC2(C)OC(C1C)C(O)C1OC12C. The molecule has 1 amide bonds. The lowest BCUT2D eigenvalue weighted by Crippen LogP contribution is -2.67. The van der Waals surface area contributed by atoms with E-state index >= 15 is 0 Å². The highest BCUT2D eigenvalue weighted by Crippen LogP contribution is 2.58. The molecule has 4 aliphatic heterocycles. The van der Waals surface area contributed by atoms with E-state index in [0.717, 1.165) is 5.57 Å². The number of nitrogens with one attached hydrogen (secondary N) is 1. The van der Waals surface area contributed by atoms with Gasteiger partial charge in [0.25, 0.3) is 5.91 Å². The minimum Gasteiger partial charge on any atom is -0.507 e. The average Bonchev–Trinajstić information content (AvgIpc) is 3.29. The third kappa shape index (κ3) is 3.13. The zero-order valence-electron chi connectivity index (χ0n) is 17.8. The lowest BCUT2D eigenvalue weighted by Gasteiger charge is -2.53. The Morgan fingerprint density at radius 2 is 1.93 bits per heavy atom. The quantitative estimate of drug-likeness (QED) is 0.207. The fourth-order valence-corrected chi connectivity index (χ4v) is 4.89. The van der Waals surface area contributed by atoms with Crippen molar-refractivity contribution >= 4 is 11.7 Å². The van der Waals surface area contributed by atoms with Crippen molar-refractivity contribution in [3.8, 4) is 0 Å². The molecule has 4 rings (SSSR count). The van der Waals surface area contributed by atoms with Gasteiger partial charge in [0.1, 0.15) is 29.1 Å². The van der Waals surface area contributed by atoms with Crippen molar-refractivity contribution < 1.29 is 34.0 Å². The molecular weight excluding hydrogens is 390 g/mol. The molecule has 8 atom stereocenters. The van der Waals surface area contributed by atoms with E-state index in [1.807, 2.05) is 40.7 Å². The van der Waals surface area contributed by atoms with E-state index in [-0.39, 0.29) is 48.0 Å². The van der Waals surface area contributed by atoms with Crippen molar-refractivity contribution in [1.29, 1.82) is 0 Å². The number of hydrogen-bond acceptors (Lipinski definition) is 7. The van der Waals surface area contributed by atoms with E-state index in [0.29, 0.717) is 0 Å². The maximum absolute atomic E-state index is 11.7. The van der Waals surface area contributed by atoms with Crippen LogP contribution in [0.1, 0.15) is 34.6 Å². The lowest BCUT2D eigenvalue weighted by atomic mass is 9.77. The number of allylic oxidation sites excluding steroid dienone is 3. The maximum Gasteiger partial charge on any atom is 0.259 e. The zero-order valence-corrected chi connectivity index (χ0v) is 17.8. The number of amides is 1. The summed E-state index contributed by atoms with van der Waals surface area (Å²) in [6, 6.07) is 0. The van der Waals surface area contributed by atoms with Crippen molar-refractivity contribution in [2.75, 3.05) is 6.54 Å². The fourth-order valence-electron chi connectivity index (χ4n) is 4.89. The molecule has 0 aliphatic carbocycles. The monoisotopic (exact) mass is 419 g/mol. The molecule has 30 heavy (non-hydrogen) atoms. The van der Waals surface area contributed by atoms with Gasteiger partial charge in [0.2, 0.25) is 0 Å². The zero-order chi connectivity index (χ0) is 22.0. The van der Waals surface area contributed by atoms with Gasteiger partial charge in [0.15, 0.2) is 11.6 Å². The summed E-state index contributed by atoms with van der Waals surface area (Å²) in [6.45, 7) is 9.56. The third-order valence-corrected chi connectivity index (χ3v) is 6.88. The normalized spacial score (nSPS) is 45.9. The van der Waals surface area contributed by atoms with E-state index < -0.39 is 29.2 Å². The Balaban J connectivity index is 1.51. The molecule has 8 nitrogen and oxygen atoms in total. The van der Waals surface area contributed by atoms with Crippen molar-refractivity contribution in [2.45, 2.75) is 70.4 Å². The summed E-state index contributed by atoms with van der Waals surface area (Å²) in [5.41, 5.74) is -0.0349. The van der Waals surface area contributed by atoms with Gasteiger partial charge in [-0.05, 0) is 26.8 Å². The van der Waals surface area contributed by atoms with Crippen molar-refractivity contribution in [1.82, 2.24) is 5.32 Å². The number of hydrogen-bond donors (Lipinski definition) is 3. The largest absolute Gasteiger partial charge is 0.507 e. The van der Waals surface area contributed by atoms with E-state index in [4.69, 9.17) is 14.2 Å². The van der Waals surface area contributed by atoms with Gasteiger partial charge in [-0.15, -0.1) is 0 Å². The first-order chi connectivity index (χ1) is 14.0. The predicted molar refractivity (Wildman–Crippen MR) is 106 cm³/mol. The summed E-state index contributed by atoms with van der Waals surface area (Å²) in [6.07, 6.45) is 3.46. The Morgan fingerprint density at radius 1 is 1.23 bits per heavy atom. The van der Waals surface area contributed by atoms with Crippen LogP contribution in [-0.4, -0.2) is 64.3 Å². The smallest absolute Gasteiger partial charge is 0.259 e. The van der Waals surface area contributed by atoms with Gasteiger partial charge in [0.05, 0.1) is 18.8 Å². The average molecular weight is 419 g/mol. The number of Topliss-reactive ketones (excluding diaryl/α,β-unsaturated/α-hetero) is 1. The van der Waals surface area contributed by atoms with Crippen LogP contribution in [-0.2, 0) is 23.8 Å². The minimum atomic E-state index is -0.927. The number of carbonyl (C=O) groups is 2. The molecular formula is C22H29NO7. The van der Waals surface area contributed by atoms with Gasteiger partial charge in [0, 0.05) is 11.8 Å². The third-order valence-electron chi connectivity index (χ3n) is 6.88. The molecule has 3 N–H and O–H groups in total. The Labute approximate surface area is 175 Å². The van der Waals surface area contributed by atoms with Crippen molar-refractivity contribution in [3.05, 3.63) is 35.1 Å². The van der Waals surface area contributed by atoms with E-state index in [2.05, 4.69) is 5.32 Å². The number of fused-ring (bicyclic) bond motifs is 4. The van der Waals surface area contributed by atoms with Crippen molar-refractivity contribution in [3.63, 3.8) is 0 Å². The van der Waals surface area contributed by atoms with Crippen LogP contribution in [0.3, 0.4) is 0 Å². The fraction of sp³-hybridized carbons (Fsp3) is 0.636. The molecule has 0 aromatic rings. The second kappa shape index (κ2) is 7.02. The highest BCUT2D eigenvalue weighted by molar-refractivity contribution is 6.25. The Morgan fingerprint density at radius 3 is 2.57 bits per heavy atom. The van der Waals surface area contributed by atoms with Crippen LogP contribution in [0.4, 0.5) is 0 Å². The summed E-state index contributed by atoms with van der Waals surface area (Å²) >= 11 is 0. The summed E-state index contributed by atoms with van der Waals surface area (Å²) in [7, 11) is 0. The molecule has 8 heteroatoms. The van der Waals surface area contributed by atoms with Crippen LogP contribution in [0.2, 0.25) is 0 Å². The first-order valence-electron chi connectivity index (χ1n) is 10.3. The molecule has 4 heterocycles. The molecule has 0 aromatic heterocycles. The van der Waals surface area contributed by atoms with Crippen LogP contribution in [0, 0.1) is 11.8 Å². The second-order valence-corrected chi connectivity index (χ2v) is 9.08.